The molecule has 3 atom stereocenters. The Morgan fingerprint density at radius 3 is 2.78 bits per heavy atom. The van der Waals surface area contributed by atoms with E-state index in [1.807, 2.05) is 0 Å². The standard InChI is InChI=1S/C15H30N2O/c1-12(9-14-7-5-6-8-16-14)17-10-13(2)18-15(3,4)11-17/h12-14,16H,5-11H2,1-4H3. The maximum absolute atomic E-state index is 5.99. The minimum Gasteiger partial charge on any atom is -0.370 e. The van der Waals surface area contributed by atoms with Crippen LogP contribution in [-0.4, -0.2) is 48.3 Å². The van der Waals surface area contributed by atoms with Crippen LogP contribution in [0.25, 0.3) is 0 Å². The molecule has 3 nitrogen and oxygen atoms in total. The minimum absolute atomic E-state index is 0.00587. The van der Waals surface area contributed by atoms with Crippen molar-refractivity contribution >= 4 is 0 Å². The van der Waals surface area contributed by atoms with Crippen molar-refractivity contribution in [3.05, 3.63) is 0 Å². The zero-order valence-corrected chi connectivity index (χ0v) is 12.5. The lowest BCUT2D eigenvalue weighted by Gasteiger charge is -2.45. The molecule has 0 saturated carbocycles. The lowest BCUT2D eigenvalue weighted by atomic mass is 9.96. The van der Waals surface area contributed by atoms with Gasteiger partial charge in [-0.2, -0.15) is 0 Å². The number of rotatable bonds is 3. The predicted octanol–water partition coefficient (Wildman–Crippen LogP) is 2.41. The van der Waals surface area contributed by atoms with Gasteiger partial charge in [0, 0.05) is 25.2 Å². The van der Waals surface area contributed by atoms with Gasteiger partial charge in [0.1, 0.15) is 0 Å². The average molecular weight is 254 g/mol. The molecule has 3 unspecified atom stereocenters. The monoisotopic (exact) mass is 254 g/mol. The minimum atomic E-state index is 0.00587. The molecule has 2 saturated heterocycles. The molecule has 0 bridgehead atoms. The molecule has 2 heterocycles. The first kappa shape index (κ1) is 14.3. The molecule has 106 valence electrons. The summed E-state index contributed by atoms with van der Waals surface area (Å²) in [5.74, 6) is 0. The van der Waals surface area contributed by atoms with Gasteiger partial charge in [-0.15, -0.1) is 0 Å². The fourth-order valence-electron chi connectivity index (χ4n) is 3.52. The van der Waals surface area contributed by atoms with Crippen LogP contribution in [-0.2, 0) is 4.74 Å². The van der Waals surface area contributed by atoms with E-state index in [-0.39, 0.29) is 5.60 Å². The van der Waals surface area contributed by atoms with Crippen molar-refractivity contribution in [2.45, 2.75) is 77.2 Å². The Hall–Kier alpha value is -0.120. The van der Waals surface area contributed by atoms with E-state index >= 15 is 0 Å². The third-order valence-corrected chi connectivity index (χ3v) is 4.26. The third-order valence-electron chi connectivity index (χ3n) is 4.26. The fraction of sp³-hybridized carbons (Fsp3) is 1.00. The molecule has 1 N–H and O–H groups in total. The second-order valence-corrected chi connectivity index (χ2v) is 6.85. The van der Waals surface area contributed by atoms with Gasteiger partial charge in [-0.3, -0.25) is 4.90 Å². The van der Waals surface area contributed by atoms with Gasteiger partial charge >= 0.3 is 0 Å². The first-order valence-electron chi connectivity index (χ1n) is 7.61. The lowest BCUT2D eigenvalue weighted by Crippen LogP contribution is -2.55. The first-order valence-corrected chi connectivity index (χ1v) is 7.61. The SMILES string of the molecule is CC1CN(C(C)CC2CCCCN2)CC(C)(C)O1. The molecule has 0 spiro atoms. The first-order chi connectivity index (χ1) is 8.46. The molecule has 0 amide bonds. The van der Waals surface area contributed by atoms with Gasteiger partial charge in [-0.05, 0) is 53.5 Å². The van der Waals surface area contributed by atoms with Crippen molar-refractivity contribution in [2.75, 3.05) is 19.6 Å². The lowest BCUT2D eigenvalue weighted by molar-refractivity contribution is -0.137. The normalized spacial score (nSPS) is 35.3. The van der Waals surface area contributed by atoms with Crippen LogP contribution < -0.4 is 5.32 Å². The summed E-state index contributed by atoms with van der Waals surface area (Å²) in [7, 11) is 0. The molecule has 2 aliphatic rings. The van der Waals surface area contributed by atoms with E-state index in [0.29, 0.717) is 12.1 Å². The molecule has 0 aromatic carbocycles. The average Bonchev–Trinajstić information content (AvgIpc) is 2.27. The van der Waals surface area contributed by atoms with Crippen molar-refractivity contribution in [3.63, 3.8) is 0 Å². The Bertz CT molecular complexity index is 261. The smallest absolute Gasteiger partial charge is 0.0757 e. The fourth-order valence-corrected chi connectivity index (χ4v) is 3.52. The van der Waals surface area contributed by atoms with E-state index in [9.17, 15) is 0 Å². The number of hydrogen-bond donors (Lipinski definition) is 1. The van der Waals surface area contributed by atoms with Gasteiger partial charge in [-0.1, -0.05) is 6.42 Å². The Morgan fingerprint density at radius 2 is 2.17 bits per heavy atom. The summed E-state index contributed by atoms with van der Waals surface area (Å²) >= 11 is 0. The zero-order valence-electron chi connectivity index (χ0n) is 12.5. The molecule has 0 aromatic rings. The third kappa shape index (κ3) is 3.94. The van der Waals surface area contributed by atoms with Gasteiger partial charge < -0.3 is 10.1 Å². The molecule has 3 heteroatoms. The summed E-state index contributed by atoms with van der Waals surface area (Å²) in [5.41, 5.74) is 0.00587. The molecular weight excluding hydrogens is 224 g/mol. The van der Waals surface area contributed by atoms with Crippen LogP contribution in [0, 0.1) is 0 Å². The Labute approximate surface area is 112 Å². The van der Waals surface area contributed by atoms with E-state index in [2.05, 4.69) is 37.9 Å². The quantitative estimate of drug-likeness (QED) is 0.837. The summed E-state index contributed by atoms with van der Waals surface area (Å²) in [4.78, 5) is 2.62. The van der Waals surface area contributed by atoms with Crippen LogP contribution in [0.1, 0.15) is 53.4 Å². The number of ether oxygens (including phenoxy) is 1. The predicted molar refractivity (Wildman–Crippen MR) is 75.9 cm³/mol. The van der Waals surface area contributed by atoms with Crippen molar-refractivity contribution in [1.82, 2.24) is 10.2 Å². The molecule has 0 aliphatic carbocycles. The van der Waals surface area contributed by atoms with Gasteiger partial charge in [0.25, 0.3) is 0 Å². The largest absolute Gasteiger partial charge is 0.370 e. The Balaban J connectivity index is 1.85. The van der Waals surface area contributed by atoms with Crippen molar-refractivity contribution in [2.24, 2.45) is 0 Å². The van der Waals surface area contributed by atoms with Crippen molar-refractivity contribution < 1.29 is 4.74 Å². The maximum Gasteiger partial charge on any atom is 0.0757 e. The maximum atomic E-state index is 5.99. The highest BCUT2D eigenvalue weighted by molar-refractivity contribution is 4.87. The van der Waals surface area contributed by atoms with E-state index in [1.165, 1.54) is 32.2 Å². The van der Waals surface area contributed by atoms with E-state index in [4.69, 9.17) is 4.74 Å². The molecule has 2 aliphatic heterocycles. The summed E-state index contributed by atoms with van der Waals surface area (Å²) < 4.78 is 5.99. The van der Waals surface area contributed by atoms with Crippen molar-refractivity contribution in [3.8, 4) is 0 Å². The number of hydrogen-bond acceptors (Lipinski definition) is 3. The van der Waals surface area contributed by atoms with Gasteiger partial charge in [0.15, 0.2) is 0 Å². The summed E-state index contributed by atoms with van der Waals surface area (Å²) in [6.07, 6.45) is 5.74. The van der Waals surface area contributed by atoms with Crippen LogP contribution in [0.2, 0.25) is 0 Å². The molecular formula is C15H30N2O. The van der Waals surface area contributed by atoms with Crippen LogP contribution in [0.5, 0.6) is 0 Å². The molecule has 0 radical (unpaired) electrons. The highest BCUT2D eigenvalue weighted by atomic mass is 16.5. The van der Waals surface area contributed by atoms with Crippen LogP contribution in [0.3, 0.4) is 0 Å². The highest BCUT2D eigenvalue weighted by Crippen LogP contribution is 2.24. The number of morpholine rings is 1. The van der Waals surface area contributed by atoms with E-state index in [0.717, 1.165) is 19.1 Å². The molecule has 2 fully saturated rings. The van der Waals surface area contributed by atoms with E-state index in [1.54, 1.807) is 0 Å². The van der Waals surface area contributed by atoms with Gasteiger partial charge in [0.2, 0.25) is 0 Å². The second-order valence-electron chi connectivity index (χ2n) is 6.85. The van der Waals surface area contributed by atoms with Gasteiger partial charge in [-0.25, -0.2) is 0 Å². The number of nitrogens with one attached hydrogen (secondary N) is 1. The topological polar surface area (TPSA) is 24.5 Å². The highest BCUT2D eigenvalue weighted by Gasteiger charge is 2.34. The van der Waals surface area contributed by atoms with Crippen LogP contribution in [0.15, 0.2) is 0 Å². The van der Waals surface area contributed by atoms with Crippen LogP contribution >= 0.6 is 0 Å². The molecule has 2 rings (SSSR count). The molecule has 0 aromatic heterocycles. The summed E-state index contributed by atoms with van der Waals surface area (Å²) in [6.45, 7) is 12.3. The van der Waals surface area contributed by atoms with Gasteiger partial charge in [0.05, 0.1) is 11.7 Å². The summed E-state index contributed by atoms with van der Waals surface area (Å²) in [6, 6.07) is 1.39. The Morgan fingerprint density at radius 1 is 1.39 bits per heavy atom. The van der Waals surface area contributed by atoms with E-state index < -0.39 is 0 Å². The van der Waals surface area contributed by atoms with Crippen LogP contribution in [0.4, 0.5) is 0 Å². The second kappa shape index (κ2) is 5.89. The van der Waals surface area contributed by atoms with Crippen molar-refractivity contribution in [1.29, 1.82) is 0 Å². The Kier molecular flexibility index (Phi) is 4.68. The number of nitrogens with zero attached hydrogens (tertiary/aromatic N) is 1. The molecule has 18 heavy (non-hydrogen) atoms. The summed E-state index contributed by atoms with van der Waals surface area (Å²) in [5, 5.41) is 3.66. The zero-order chi connectivity index (χ0) is 13.2. The number of piperidine rings is 1.